The van der Waals surface area contributed by atoms with Gasteiger partial charge in [-0.05, 0) is 18.2 Å². The van der Waals surface area contributed by atoms with E-state index in [9.17, 15) is 22.4 Å². The highest BCUT2D eigenvalue weighted by molar-refractivity contribution is 5.94. The van der Waals surface area contributed by atoms with Gasteiger partial charge in [-0.2, -0.15) is 13.2 Å². The number of hydrogen-bond acceptors (Lipinski definition) is 2. The molecule has 0 saturated heterocycles. The lowest BCUT2D eigenvalue weighted by molar-refractivity contribution is -0.132. The molecule has 7 heteroatoms. The van der Waals surface area contributed by atoms with Crippen LogP contribution in [0.4, 0.5) is 17.6 Å². The van der Waals surface area contributed by atoms with E-state index in [0.29, 0.717) is 0 Å². The summed E-state index contributed by atoms with van der Waals surface area (Å²) in [7, 11) is 0. The van der Waals surface area contributed by atoms with Gasteiger partial charge in [0.1, 0.15) is 5.82 Å². The Labute approximate surface area is 119 Å². The van der Waals surface area contributed by atoms with Crippen LogP contribution in [0.25, 0.3) is 0 Å². The molecular formula is C14H13F4NO2. The summed E-state index contributed by atoms with van der Waals surface area (Å²) in [5, 5.41) is 10.6. The van der Waals surface area contributed by atoms with E-state index in [4.69, 9.17) is 5.11 Å². The Kier molecular flexibility index (Phi) is 6.18. The Morgan fingerprint density at radius 3 is 2.62 bits per heavy atom. The fourth-order valence-corrected chi connectivity index (χ4v) is 1.39. The lowest BCUT2D eigenvalue weighted by Gasteiger charge is -2.08. The number of rotatable bonds is 4. The van der Waals surface area contributed by atoms with E-state index in [2.05, 4.69) is 17.2 Å². The number of alkyl halides is 3. The molecule has 3 nitrogen and oxygen atoms in total. The molecule has 1 aromatic carbocycles. The summed E-state index contributed by atoms with van der Waals surface area (Å²) in [6.45, 7) is -0.712. The second kappa shape index (κ2) is 7.64. The van der Waals surface area contributed by atoms with Gasteiger partial charge in [-0.3, -0.25) is 4.79 Å². The molecule has 0 aliphatic heterocycles. The summed E-state index contributed by atoms with van der Waals surface area (Å²) in [6, 6.07) is 3.44. The summed E-state index contributed by atoms with van der Waals surface area (Å²) >= 11 is 0. The number of benzene rings is 1. The van der Waals surface area contributed by atoms with Crippen molar-refractivity contribution in [2.24, 2.45) is 0 Å². The van der Waals surface area contributed by atoms with Crippen molar-refractivity contribution in [1.82, 2.24) is 5.32 Å². The number of nitrogens with one attached hydrogen (secondary N) is 1. The Bertz CT molecular complexity index is 558. The Morgan fingerprint density at radius 1 is 1.33 bits per heavy atom. The van der Waals surface area contributed by atoms with Crippen molar-refractivity contribution in [3.05, 3.63) is 35.1 Å². The van der Waals surface area contributed by atoms with Crippen molar-refractivity contribution in [3.8, 4) is 11.8 Å². The molecule has 114 valence electrons. The largest absolute Gasteiger partial charge is 0.395 e. The van der Waals surface area contributed by atoms with E-state index in [0.717, 1.165) is 6.07 Å². The number of hydrogen-bond donors (Lipinski definition) is 2. The second-order valence-corrected chi connectivity index (χ2v) is 4.09. The predicted octanol–water partition coefficient (Wildman–Crippen LogP) is 2.24. The summed E-state index contributed by atoms with van der Waals surface area (Å²) in [5.41, 5.74) is -0.0299. The molecule has 0 aliphatic rings. The topological polar surface area (TPSA) is 49.3 Å². The van der Waals surface area contributed by atoms with E-state index in [1.165, 1.54) is 12.1 Å². The molecule has 1 aromatic rings. The first-order valence-corrected chi connectivity index (χ1v) is 6.07. The summed E-state index contributed by atoms with van der Waals surface area (Å²) in [5.74, 6) is 3.47. The van der Waals surface area contributed by atoms with Gasteiger partial charge in [0.15, 0.2) is 0 Å². The second-order valence-electron chi connectivity index (χ2n) is 4.09. The minimum Gasteiger partial charge on any atom is -0.395 e. The molecule has 1 rings (SSSR count). The maximum Gasteiger partial charge on any atom is 0.390 e. The monoisotopic (exact) mass is 303 g/mol. The number of aliphatic hydroxyl groups excluding tert-OH is 1. The SMILES string of the molecule is O=C(NCCC(F)(F)F)c1ccc(C#CCCO)c(F)c1. The molecule has 0 heterocycles. The molecular weight excluding hydrogens is 290 g/mol. The van der Waals surface area contributed by atoms with Crippen molar-refractivity contribution in [2.45, 2.75) is 19.0 Å². The van der Waals surface area contributed by atoms with Gasteiger partial charge in [0.2, 0.25) is 0 Å². The molecule has 0 radical (unpaired) electrons. The zero-order valence-electron chi connectivity index (χ0n) is 10.9. The Morgan fingerprint density at radius 2 is 2.05 bits per heavy atom. The summed E-state index contributed by atoms with van der Waals surface area (Å²) in [6.07, 6.45) is -5.31. The third-order valence-electron chi connectivity index (χ3n) is 2.39. The van der Waals surface area contributed by atoms with Gasteiger partial charge < -0.3 is 10.4 Å². The number of carbonyl (C=O) groups is 1. The molecule has 0 fully saturated rings. The molecule has 0 aromatic heterocycles. The van der Waals surface area contributed by atoms with Crippen molar-refractivity contribution in [1.29, 1.82) is 0 Å². The van der Waals surface area contributed by atoms with E-state index in [1.807, 2.05) is 0 Å². The molecule has 21 heavy (non-hydrogen) atoms. The lowest BCUT2D eigenvalue weighted by Crippen LogP contribution is -2.28. The number of aliphatic hydroxyl groups is 1. The van der Waals surface area contributed by atoms with Crippen LogP contribution in [-0.2, 0) is 0 Å². The minimum atomic E-state index is -4.36. The highest BCUT2D eigenvalue weighted by Crippen LogP contribution is 2.18. The van der Waals surface area contributed by atoms with Crippen LogP contribution >= 0.6 is 0 Å². The Balaban J connectivity index is 2.66. The van der Waals surface area contributed by atoms with E-state index < -0.39 is 30.9 Å². The number of carbonyl (C=O) groups excluding carboxylic acids is 1. The molecule has 0 atom stereocenters. The minimum absolute atomic E-state index is 0.0512. The molecule has 0 saturated carbocycles. The first-order chi connectivity index (χ1) is 9.83. The zero-order valence-corrected chi connectivity index (χ0v) is 10.9. The van der Waals surface area contributed by atoms with Crippen molar-refractivity contribution < 1.29 is 27.5 Å². The first kappa shape index (κ1) is 17.0. The quantitative estimate of drug-likeness (QED) is 0.662. The average Bonchev–Trinajstić information content (AvgIpc) is 2.39. The first-order valence-electron chi connectivity index (χ1n) is 6.07. The lowest BCUT2D eigenvalue weighted by atomic mass is 10.1. The van der Waals surface area contributed by atoms with Gasteiger partial charge in [0.05, 0.1) is 18.6 Å². The summed E-state index contributed by atoms with van der Waals surface area (Å²) < 4.78 is 49.4. The molecule has 0 spiro atoms. The maximum absolute atomic E-state index is 13.6. The fraction of sp³-hybridized carbons (Fsp3) is 0.357. The van der Waals surface area contributed by atoms with Crippen molar-refractivity contribution >= 4 is 5.91 Å². The van der Waals surface area contributed by atoms with Crippen LogP contribution in [0, 0.1) is 17.7 Å². The molecule has 0 aliphatic carbocycles. The normalized spacial score (nSPS) is 10.7. The van der Waals surface area contributed by atoms with Crippen LogP contribution in [0.5, 0.6) is 0 Å². The van der Waals surface area contributed by atoms with Crippen molar-refractivity contribution in [2.75, 3.05) is 13.2 Å². The fourth-order valence-electron chi connectivity index (χ4n) is 1.39. The third kappa shape index (κ3) is 6.27. The third-order valence-corrected chi connectivity index (χ3v) is 2.39. The standard InChI is InChI=1S/C14H13F4NO2/c15-12-9-11(5-4-10(12)3-1-2-8-20)13(21)19-7-6-14(16,17)18/h4-5,9,20H,2,6-8H2,(H,19,21). The number of amides is 1. The van der Waals surface area contributed by atoms with Gasteiger partial charge in [-0.15, -0.1) is 0 Å². The smallest absolute Gasteiger partial charge is 0.390 e. The molecule has 0 unspecified atom stereocenters. The summed E-state index contributed by atoms with van der Waals surface area (Å²) in [4.78, 5) is 11.5. The van der Waals surface area contributed by atoms with E-state index >= 15 is 0 Å². The van der Waals surface area contributed by atoms with E-state index in [1.54, 1.807) is 0 Å². The van der Waals surface area contributed by atoms with Crippen molar-refractivity contribution in [3.63, 3.8) is 0 Å². The van der Waals surface area contributed by atoms with Crippen LogP contribution in [0.1, 0.15) is 28.8 Å². The van der Waals surface area contributed by atoms with Gasteiger partial charge in [-0.1, -0.05) is 11.8 Å². The van der Waals surface area contributed by atoms with Crippen LogP contribution in [0.2, 0.25) is 0 Å². The molecule has 2 N–H and O–H groups in total. The van der Waals surface area contributed by atoms with Gasteiger partial charge in [0.25, 0.3) is 5.91 Å². The Hall–Kier alpha value is -2.07. The highest BCUT2D eigenvalue weighted by Gasteiger charge is 2.26. The van der Waals surface area contributed by atoms with Gasteiger partial charge in [-0.25, -0.2) is 4.39 Å². The molecule has 1 amide bonds. The van der Waals surface area contributed by atoms with Gasteiger partial charge >= 0.3 is 6.18 Å². The van der Waals surface area contributed by atoms with Crippen LogP contribution in [0.3, 0.4) is 0 Å². The predicted molar refractivity (Wildman–Crippen MR) is 68.0 cm³/mol. The number of halogens is 4. The molecule has 0 bridgehead atoms. The van der Waals surface area contributed by atoms with Crippen LogP contribution in [0.15, 0.2) is 18.2 Å². The van der Waals surface area contributed by atoms with Crippen LogP contribution in [-0.4, -0.2) is 30.3 Å². The average molecular weight is 303 g/mol. The van der Waals surface area contributed by atoms with Crippen LogP contribution < -0.4 is 5.32 Å². The highest BCUT2D eigenvalue weighted by atomic mass is 19.4. The maximum atomic E-state index is 13.6. The zero-order chi connectivity index (χ0) is 15.9. The van der Waals surface area contributed by atoms with E-state index in [-0.39, 0.29) is 24.2 Å². The van der Waals surface area contributed by atoms with Gasteiger partial charge in [0, 0.05) is 18.5 Å².